The highest BCUT2D eigenvalue weighted by Crippen LogP contribution is 2.64. The molecule has 0 unspecified atom stereocenters. The molecular weight excluding hydrogens is 524 g/mol. The molecule has 1 aliphatic heterocycles. The molecule has 4 aliphatic rings. The predicted octanol–water partition coefficient (Wildman–Crippen LogP) is 5.46. The van der Waals surface area contributed by atoms with E-state index in [9.17, 15) is 29.8 Å². The van der Waals surface area contributed by atoms with Crippen LogP contribution in [0.2, 0.25) is 0 Å². The van der Waals surface area contributed by atoms with E-state index in [0.717, 1.165) is 27.2 Å². The minimum Gasteiger partial charge on any atom is -0.274 e. The maximum Gasteiger partial charge on any atom is 0.294 e. The summed E-state index contributed by atoms with van der Waals surface area (Å²) in [6, 6.07) is 26.8. The van der Waals surface area contributed by atoms with Crippen molar-refractivity contribution >= 4 is 40.8 Å². The van der Waals surface area contributed by atoms with Gasteiger partial charge >= 0.3 is 0 Å². The molecule has 2 atom stereocenters. The summed E-state index contributed by atoms with van der Waals surface area (Å²) in [6.45, 7) is 0. The number of aliphatic imine (C=N–C) groups is 1. The molecule has 0 N–H and O–H groups in total. The Bertz CT molecular complexity index is 1800. The van der Waals surface area contributed by atoms with Crippen molar-refractivity contribution in [1.29, 1.82) is 0 Å². The number of benzene rings is 4. The SMILES string of the molecule is O=C1[C@H]2C3c4ccccc4C(C=Nc4ccccc4[N+](=O)[O-])(c4ccccc43)[C@H]2C(=O)N1c1ccccc1[N+](=O)[O-]. The van der Waals surface area contributed by atoms with Crippen LogP contribution in [0.3, 0.4) is 0 Å². The second-order valence-electron chi connectivity index (χ2n) is 10.3. The van der Waals surface area contributed by atoms with Crippen molar-refractivity contribution in [3.63, 3.8) is 0 Å². The lowest BCUT2D eigenvalue weighted by atomic mass is 9.47. The number of amides is 2. The van der Waals surface area contributed by atoms with Gasteiger partial charge in [0.05, 0.1) is 27.1 Å². The van der Waals surface area contributed by atoms with Crippen LogP contribution >= 0.6 is 0 Å². The lowest BCUT2D eigenvalue weighted by Crippen LogP contribution is -2.54. The average molecular weight is 545 g/mol. The fourth-order valence-electron chi connectivity index (χ4n) is 6.99. The van der Waals surface area contributed by atoms with Gasteiger partial charge in [0.1, 0.15) is 11.4 Å². The lowest BCUT2D eigenvalue weighted by molar-refractivity contribution is -0.384. The molecule has 3 aliphatic carbocycles. The number of nitro benzene ring substituents is 2. The molecule has 0 spiro atoms. The van der Waals surface area contributed by atoms with E-state index in [1.807, 2.05) is 48.5 Å². The molecule has 4 aromatic carbocycles. The normalized spacial score (nSPS) is 23.8. The van der Waals surface area contributed by atoms with Crippen LogP contribution < -0.4 is 4.90 Å². The number of hydrogen-bond acceptors (Lipinski definition) is 7. The van der Waals surface area contributed by atoms with Crippen LogP contribution in [0.15, 0.2) is 102 Å². The Hall–Kier alpha value is -5.51. The molecule has 4 aromatic rings. The van der Waals surface area contributed by atoms with Crippen LogP contribution in [0.5, 0.6) is 0 Å². The van der Waals surface area contributed by atoms with Crippen molar-refractivity contribution < 1.29 is 19.4 Å². The summed E-state index contributed by atoms with van der Waals surface area (Å²) in [5.41, 5.74) is 1.48. The molecule has 0 saturated carbocycles. The third kappa shape index (κ3) is 3.21. The number of hydrogen-bond donors (Lipinski definition) is 0. The predicted molar refractivity (Wildman–Crippen MR) is 149 cm³/mol. The quantitative estimate of drug-likeness (QED) is 0.142. The Morgan fingerprint density at radius 2 is 1.24 bits per heavy atom. The number of nitro groups is 2. The molecule has 2 bridgehead atoms. The lowest BCUT2D eigenvalue weighted by Gasteiger charge is -2.52. The maximum atomic E-state index is 14.4. The monoisotopic (exact) mass is 544 g/mol. The Balaban J connectivity index is 1.51. The zero-order valence-electron chi connectivity index (χ0n) is 21.3. The topological polar surface area (TPSA) is 136 Å². The third-order valence-electron chi connectivity index (χ3n) is 8.49. The van der Waals surface area contributed by atoms with Gasteiger partial charge in [-0.15, -0.1) is 0 Å². The van der Waals surface area contributed by atoms with Crippen LogP contribution in [0.1, 0.15) is 28.2 Å². The van der Waals surface area contributed by atoms with Gasteiger partial charge in [-0.1, -0.05) is 72.8 Å². The van der Waals surface area contributed by atoms with E-state index in [2.05, 4.69) is 4.99 Å². The van der Waals surface area contributed by atoms with Gasteiger partial charge in [0, 0.05) is 24.3 Å². The number of carbonyl (C=O) groups is 2. The second kappa shape index (κ2) is 8.75. The van der Waals surface area contributed by atoms with Gasteiger partial charge < -0.3 is 0 Å². The first kappa shape index (κ1) is 24.5. The molecule has 41 heavy (non-hydrogen) atoms. The fourth-order valence-corrected chi connectivity index (χ4v) is 6.99. The van der Waals surface area contributed by atoms with Gasteiger partial charge in [0.15, 0.2) is 0 Å². The number of para-hydroxylation sites is 4. The second-order valence-corrected chi connectivity index (χ2v) is 10.3. The van der Waals surface area contributed by atoms with E-state index >= 15 is 0 Å². The van der Waals surface area contributed by atoms with Gasteiger partial charge in [-0.25, -0.2) is 4.90 Å². The Kier molecular flexibility index (Phi) is 5.23. The summed E-state index contributed by atoms with van der Waals surface area (Å²) in [5.74, 6) is -3.39. The summed E-state index contributed by atoms with van der Waals surface area (Å²) < 4.78 is 0. The van der Waals surface area contributed by atoms with Gasteiger partial charge in [0.25, 0.3) is 11.4 Å². The largest absolute Gasteiger partial charge is 0.294 e. The molecule has 10 heteroatoms. The zero-order valence-corrected chi connectivity index (χ0v) is 21.3. The van der Waals surface area contributed by atoms with Crippen LogP contribution in [0, 0.1) is 32.1 Å². The van der Waals surface area contributed by atoms with E-state index in [-0.39, 0.29) is 22.7 Å². The molecule has 1 saturated heterocycles. The molecule has 0 radical (unpaired) electrons. The van der Waals surface area contributed by atoms with E-state index < -0.39 is 44.8 Å². The number of nitrogens with zero attached hydrogens (tertiary/aromatic N) is 4. The smallest absolute Gasteiger partial charge is 0.274 e. The highest BCUT2D eigenvalue weighted by atomic mass is 16.6. The van der Waals surface area contributed by atoms with E-state index in [4.69, 9.17) is 0 Å². The first-order chi connectivity index (χ1) is 19.9. The molecule has 200 valence electrons. The number of anilines is 1. The molecule has 1 fully saturated rings. The number of rotatable bonds is 5. The van der Waals surface area contributed by atoms with Crippen molar-refractivity contribution in [1.82, 2.24) is 0 Å². The van der Waals surface area contributed by atoms with Gasteiger partial charge in [-0.3, -0.25) is 34.8 Å². The van der Waals surface area contributed by atoms with Gasteiger partial charge in [0.2, 0.25) is 11.8 Å². The number of carbonyl (C=O) groups excluding carboxylic acids is 2. The van der Waals surface area contributed by atoms with Crippen molar-refractivity contribution in [2.24, 2.45) is 16.8 Å². The third-order valence-corrected chi connectivity index (χ3v) is 8.49. The Labute approximate surface area is 232 Å². The van der Waals surface area contributed by atoms with Crippen LogP contribution in [-0.4, -0.2) is 27.9 Å². The van der Waals surface area contributed by atoms with Crippen molar-refractivity contribution in [2.45, 2.75) is 11.3 Å². The van der Waals surface area contributed by atoms with E-state index in [1.165, 1.54) is 30.3 Å². The van der Waals surface area contributed by atoms with Crippen LogP contribution in [-0.2, 0) is 15.0 Å². The zero-order chi connectivity index (χ0) is 28.5. The minimum absolute atomic E-state index is 0.0831. The maximum absolute atomic E-state index is 14.4. The summed E-state index contributed by atoms with van der Waals surface area (Å²) in [5, 5.41) is 23.7. The van der Waals surface area contributed by atoms with Crippen molar-refractivity contribution in [2.75, 3.05) is 4.90 Å². The highest BCUT2D eigenvalue weighted by molar-refractivity contribution is 6.25. The summed E-state index contributed by atoms with van der Waals surface area (Å²) in [7, 11) is 0. The molecule has 0 aromatic heterocycles. The van der Waals surface area contributed by atoms with Crippen LogP contribution in [0.25, 0.3) is 0 Å². The van der Waals surface area contributed by atoms with Gasteiger partial charge in [-0.2, -0.15) is 0 Å². The molecule has 10 nitrogen and oxygen atoms in total. The fraction of sp³-hybridized carbons (Fsp3) is 0.129. The standard InChI is InChI=1S/C31H20N4O6/c36-29-27-26-18-9-1-3-11-20(18)31(21-12-4-2-10-19(21)26,17-32-22-13-5-6-14-23(22)34(38)39)28(27)30(37)33(29)24-15-7-8-16-25(24)35(40)41/h1-17,26-28H/t26?,27-,28+,31?/m0/s1. The van der Waals surface area contributed by atoms with E-state index in [1.54, 1.807) is 24.4 Å². The first-order valence-corrected chi connectivity index (χ1v) is 12.9. The van der Waals surface area contributed by atoms with E-state index in [0.29, 0.717) is 0 Å². The molecular formula is C31H20N4O6. The minimum atomic E-state index is -1.26. The average Bonchev–Trinajstić information content (AvgIpc) is 3.26. The highest BCUT2D eigenvalue weighted by Gasteiger charge is 2.68. The van der Waals surface area contributed by atoms with Crippen molar-refractivity contribution in [3.05, 3.63) is 140 Å². The Morgan fingerprint density at radius 3 is 1.88 bits per heavy atom. The summed E-state index contributed by atoms with van der Waals surface area (Å²) >= 11 is 0. The first-order valence-electron chi connectivity index (χ1n) is 12.9. The van der Waals surface area contributed by atoms with Crippen molar-refractivity contribution in [3.8, 4) is 0 Å². The molecule has 8 rings (SSSR count). The molecule has 1 heterocycles. The number of imide groups is 1. The Morgan fingerprint density at radius 1 is 0.707 bits per heavy atom. The van der Waals surface area contributed by atoms with Crippen LogP contribution in [0.4, 0.5) is 22.7 Å². The van der Waals surface area contributed by atoms with Gasteiger partial charge in [-0.05, 0) is 34.4 Å². The molecule has 2 amide bonds. The summed E-state index contributed by atoms with van der Waals surface area (Å²) in [6.07, 6.45) is 1.56. The summed E-state index contributed by atoms with van der Waals surface area (Å²) in [4.78, 5) is 56.8.